The second-order valence-corrected chi connectivity index (χ2v) is 5.58. The van der Waals surface area contributed by atoms with Gasteiger partial charge in [0.2, 0.25) is 10.2 Å². The minimum atomic E-state index is -1.94. The first-order valence-corrected chi connectivity index (χ1v) is 5.49. The number of rotatable bonds is 3. The van der Waals surface area contributed by atoms with Gasteiger partial charge in [-0.3, -0.25) is 19.1 Å². The fourth-order valence-electron chi connectivity index (χ4n) is 1.17. The van der Waals surface area contributed by atoms with Crippen molar-refractivity contribution in [2.75, 3.05) is 0 Å². The number of amides is 1. The van der Waals surface area contributed by atoms with Gasteiger partial charge in [-0.25, -0.2) is 4.79 Å². The van der Waals surface area contributed by atoms with Crippen LogP contribution in [0.4, 0.5) is 0 Å². The fraction of sp³-hybridized carbons (Fsp3) is 0.375. The third-order valence-corrected chi connectivity index (χ3v) is 2.58. The number of carbonyl (C=O) groups is 1. The topological polar surface area (TPSA) is 84.0 Å². The van der Waals surface area contributed by atoms with Gasteiger partial charge in [0, 0.05) is 11.8 Å². The molecule has 1 aromatic heterocycles. The van der Waals surface area contributed by atoms with Crippen LogP contribution in [0.15, 0.2) is 15.8 Å². The number of halogens is 3. The predicted molar refractivity (Wildman–Crippen MR) is 64.6 cm³/mol. The Balaban J connectivity index is 3.38. The number of nitrogens with one attached hydrogen (secondary N) is 2. The molecule has 1 amide bonds. The molecule has 0 aliphatic carbocycles. The van der Waals surface area contributed by atoms with Gasteiger partial charge in [0.15, 0.2) is 6.17 Å². The molecule has 0 spiro atoms. The van der Waals surface area contributed by atoms with E-state index in [0.29, 0.717) is 6.41 Å². The van der Waals surface area contributed by atoms with E-state index in [1.807, 2.05) is 4.98 Å². The van der Waals surface area contributed by atoms with Gasteiger partial charge >= 0.3 is 5.69 Å². The van der Waals surface area contributed by atoms with E-state index in [0.717, 1.165) is 4.57 Å². The Kier molecular flexibility index (Phi) is 4.24. The summed E-state index contributed by atoms with van der Waals surface area (Å²) in [5.41, 5.74) is -1.08. The van der Waals surface area contributed by atoms with Crippen LogP contribution < -0.4 is 16.6 Å². The van der Waals surface area contributed by atoms with Gasteiger partial charge in [-0.1, -0.05) is 34.8 Å². The number of alkyl halides is 3. The average molecular weight is 301 g/mol. The van der Waals surface area contributed by atoms with Crippen molar-refractivity contribution in [1.82, 2.24) is 14.9 Å². The zero-order valence-corrected chi connectivity index (χ0v) is 10.8. The molecule has 17 heavy (non-hydrogen) atoms. The summed E-state index contributed by atoms with van der Waals surface area (Å²) >= 11 is 16.9. The predicted octanol–water partition coefficient (Wildman–Crippen LogP) is 0.460. The number of hydrogen-bond acceptors (Lipinski definition) is 3. The first-order chi connectivity index (χ1) is 7.77. The summed E-state index contributed by atoms with van der Waals surface area (Å²) in [4.78, 5) is 35.2. The number of carbonyl (C=O) groups excluding carboxylic acids is 1. The Morgan fingerprint density at radius 1 is 1.47 bits per heavy atom. The van der Waals surface area contributed by atoms with Crippen molar-refractivity contribution >= 4 is 41.2 Å². The van der Waals surface area contributed by atoms with E-state index < -0.39 is 21.2 Å². The van der Waals surface area contributed by atoms with E-state index in [1.165, 1.54) is 13.1 Å². The van der Waals surface area contributed by atoms with Crippen LogP contribution in [-0.2, 0) is 4.79 Å². The van der Waals surface area contributed by atoms with Gasteiger partial charge in [0.1, 0.15) is 0 Å². The summed E-state index contributed by atoms with van der Waals surface area (Å²) in [6, 6.07) is 0. The van der Waals surface area contributed by atoms with Gasteiger partial charge in [0.05, 0.1) is 0 Å². The van der Waals surface area contributed by atoms with Gasteiger partial charge in [0.25, 0.3) is 5.56 Å². The van der Waals surface area contributed by atoms with Crippen molar-refractivity contribution in [3.05, 3.63) is 32.6 Å². The van der Waals surface area contributed by atoms with E-state index in [1.54, 1.807) is 0 Å². The molecular weight excluding hydrogens is 292 g/mol. The van der Waals surface area contributed by atoms with Gasteiger partial charge < -0.3 is 5.32 Å². The Labute approximate surface area is 110 Å². The van der Waals surface area contributed by atoms with Crippen molar-refractivity contribution in [3.8, 4) is 0 Å². The molecule has 1 aromatic rings. The summed E-state index contributed by atoms with van der Waals surface area (Å²) in [5, 5.41) is 2.19. The second kappa shape index (κ2) is 5.12. The SMILES string of the molecule is Cc1cn(C(NC=O)C(Cl)(Cl)Cl)c(=O)[nH]c1=O. The van der Waals surface area contributed by atoms with Crippen LogP contribution >= 0.6 is 34.8 Å². The summed E-state index contributed by atoms with van der Waals surface area (Å²) in [5.74, 6) is 0. The molecule has 0 aromatic carbocycles. The van der Waals surface area contributed by atoms with Gasteiger partial charge in [-0.05, 0) is 6.92 Å². The van der Waals surface area contributed by atoms with E-state index >= 15 is 0 Å². The zero-order valence-electron chi connectivity index (χ0n) is 8.54. The summed E-state index contributed by atoms with van der Waals surface area (Å²) < 4.78 is -1.01. The molecule has 1 rings (SSSR count). The molecule has 1 heterocycles. The average Bonchev–Trinajstić information content (AvgIpc) is 2.19. The summed E-state index contributed by atoms with van der Waals surface area (Å²) in [6.45, 7) is 1.48. The Morgan fingerprint density at radius 2 is 2.06 bits per heavy atom. The third kappa shape index (κ3) is 3.24. The number of aromatic amines is 1. The van der Waals surface area contributed by atoms with Crippen molar-refractivity contribution in [2.45, 2.75) is 16.9 Å². The van der Waals surface area contributed by atoms with E-state index in [4.69, 9.17) is 34.8 Å². The molecule has 94 valence electrons. The molecule has 0 saturated carbocycles. The van der Waals surface area contributed by atoms with Crippen molar-refractivity contribution in [1.29, 1.82) is 0 Å². The van der Waals surface area contributed by atoms with Crippen LogP contribution in [0.3, 0.4) is 0 Å². The highest BCUT2D eigenvalue weighted by Crippen LogP contribution is 2.35. The molecular formula is C8H8Cl3N3O3. The molecule has 0 radical (unpaired) electrons. The number of aromatic nitrogens is 2. The van der Waals surface area contributed by atoms with E-state index in [9.17, 15) is 14.4 Å². The maximum Gasteiger partial charge on any atom is 0.330 e. The number of hydrogen-bond donors (Lipinski definition) is 2. The Bertz CT molecular complexity index is 531. The quantitative estimate of drug-likeness (QED) is 0.628. The van der Waals surface area contributed by atoms with Crippen LogP contribution in [0.2, 0.25) is 0 Å². The number of nitrogens with zero attached hydrogens (tertiary/aromatic N) is 1. The van der Waals surface area contributed by atoms with E-state index in [2.05, 4.69) is 5.32 Å². The number of aryl methyl sites for hydroxylation is 1. The monoisotopic (exact) mass is 299 g/mol. The minimum absolute atomic E-state index is 0.247. The highest BCUT2D eigenvalue weighted by Gasteiger charge is 2.34. The molecule has 6 nitrogen and oxygen atoms in total. The Morgan fingerprint density at radius 3 is 2.53 bits per heavy atom. The minimum Gasteiger partial charge on any atom is -0.334 e. The molecule has 0 bridgehead atoms. The van der Waals surface area contributed by atoms with Crippen LogP contribution in [0.1, 0.15) is 11.7 Å². The number of H-pyrrole nitrogens is 1. The maximum atomic E-state index is 11.5. The summed E-state index contributed by atoms with van der Waals surface area (Å²) in [7, 11) is 0. The van der Waals surface area contributed by atoms with Gasteiger partial charge in [-0.15, -0.1) is 0 Å². The maximum absolute atomic E-state index is 11.5. The molecule has 1 unspecified atom stereocenters. The molecule has 1 atom stereocenters. The van der Waals surface area contributed by atoms with Gasteiger partial charge in [-0.2, -0.15) is 0 Å². The van der Waals surface area contributed by atoms with E-state index in [-0.39, 0.29) is 5.56 Å². The van der Waals surface area contributed by atoms with Crippen molar-refractivity contribution < 1.29 is 4.79 Å². The lowest BCUT2D eigenvalue weighted by atomic mass is 10.4. The zero-order chi connectivity index (χ0) is 13.2. The normalized spacial score (nSPS) is 13.2. The summed E-state index contributed by atoms with van der Waals surface area (Å²) in [6.07, 6.45) is 0.275. The molecule has 0 aliphatic rings. The molecule has 9 heteroatoms. The molecule has 2 N–H and O–H groups in total. The first-order valence-electron chi connectivity index (χ1n) is 4.36. The molecule has 0 fully saturated rings. The smallest absolute Gasteiger partial charge is 0.330 e. The lowest BCUT2D eigenvalue weighted by molar-refractivity contribution is -0.110. The standard InChI is InChI=1S/C8H8Cl3N3O3/c1-4-2-14(7(17)13-5(4)16)6(12-3-15)8(9,10)11/h2-3,6H,1H3,(H,12,15)(H,13,16,17). The third-order valence-electron chi connectivity index (χ3n) is 1.96. The van der Waals surface area contributed by atoms with Crippen molar-refractivity contribution in [3.63, 3.8) is 0 Å². The highest BCUT2D eigenvalue weighted by molar-refractivity contribution is 6.67. The van der Waals surface area contributed by atoms with Crippen LogP contribution in [-0.4, -0.2) is 19.8 Å². The molecule has 0 aliphatic heterocycles. The largest absolute Gasteiger partial charge is 0.334 e. The van der Waals surface area contributed by atoms with Crippen molar-refractivity contribution in [2.24, 2.45) is 0 Å². The highest BCUT2D eigenvalue weighted by atomic mass is 35.6. The molecule has 0 saturated heterocycles. The van der Waals surface area contributed by atoms with Crippen LogP contribution in [0.25, 0.3) is 0 Å². The van der Waals surface area contributed by atoms with Crippen LogP contribution in [0, 0.1) is 6.92 Å². The lowest BCUT2D eigenvalue weighted by Gasteiger charge is -2.25. The van der Waals surface area contributed by atoms with Crippen LogP contribution in [0.5, 0.6) is 0 Å². The Hall–Kier alpha value is -0.980. The lowest BCUT2D eigenvalue weighted by Crippen LogP contribution is -2.44. The first kappa shape index (κ1) is 14.1. The fourth-order valence-corrected chi connectivity index (χ4v) is 1.68. The second-order valence-electron chi connectivity index (χ2n) is 3.21.